The molecule has 100 valence electrons. The molecule has 0 atom stereocenters. The molecule has 0 saturated heterocycles. The lowest BCUT2D eigenvalue weighted by atomic mass is 10.4. The quantitative estimate of drug-likeness (QED) is 0.623. The van der Waals surface area contributed by atoms with E-state index in [9.17, 15) is 18.0 Å². The summed E-state index contributed by atoms with van der Waals surface area (Å²) in [6.07, 6.45) is -0.696. The Bertz CT molecular complexity index is 611. The molecule has 0 aliphatic carbocycles. The summed E-state index contributed by atoms with van der Waals surface area (Å²) in [5, 5.41) is 0. The molecule has 0 unspecified atom stereocenters. The number of hydrogen-bond donors (Lipinski definition) is 2. The Hall–Kier alpha value is -2.49. The summed E-state index contributed by atoms with van der Waals surface area (Å²) in [5.74, 6) is -0.484. The second-order valence-electron chi connectivity index (χ2n) is 3.29. The highest BCUT2D eigenvalue weighted by Crippen LogP contribution is 2.09. The highest BCUT2D eigenvalue weighted by Gasteiger charge is 2.27. The average Bonchev–Trinajstić information content (AvgIpc) is 2.37. The first-order valence-electron chi connectivity index (χ1n) is 4.92. The zero-order valence-electron chi connectivity index (χ0n) is 9.22. The Balaban J connectivity index is 2.21. The van der Waals surface area contributed by atoms with Crippen LogP contribution in [0.25, 0.3) is 5.69 Å². The van der Waals surface area contributed by atoms with Crippen LogP contribution in [0.2, 0.25) is 0 Å². The fraction of sp³-hybridized carbons (Fsp3) is 0.111. The molecule has 0 aromatic carbocycles. The van der Waals surface area contributed by atoms with Gasteiger partial charge in [-0.2, -0.15) is 18.2 Å². The van der Waals surface area contributed by atoms with E-state index in [1.165, 1.54) is 12.4 Å². The molecule has 2 heterocycles. The van der Waals surface area contributed by atoms with E-state index in [4.69, 9.17) is 0 Å². The summed E-state index contributed by atoms with van der Waals surface area (Å²) in [4.78, 5) is 22.3. The SMILES string of the molecule is O=c1nc(NNC(F)(F)F)ncn1-c1cccnc1. The monoisotopic (exact) mass is 272 g/mol. The molecule has 0 bridgehead atoms. The zero-order valence-corrected chi connectivity index (χ0v) is 9.22. The first-order chi connectivity index (χ1) is 8.96. The van der Waals surface area contributed by atoms with Crippen LogP contribution in [0.3, 0.4) is 0 Å². The van der Waals surface area contributed by atoms with Gasteiger partial charge in [-0.15, -0.1) is 5.43 Å². The molecule has 7 nitrogen and oxygen atoms in total. The van der Waals surface area contributed by atoms with Crippen molar-refractivity contribution in [1.29, 1.82) is 0 Å². The third kappa shape index (κ3) is 3.48. The first kappa shape index (κ1) is 13.0. The third-order valence-corrected chi connectivity index (χ3v) is 1.94. The standard InChI is InChI=1S/C9H7F3N6O/c10-9(11,12)17-16-7-14-5-18(8(19)15-7)6-2-1-3-13-4-6/h1-5,17H,(H,15,16,19). The van der Waals surface area contributed by atoms with Crippen molar-refractivity contribution in [3.05, 3.63) is 41.3 Å². The van der Waals surface area contributed by atoms with Gasteiger partial charge in [0.1, 0.15) is 6.33 Å². The van der Waals surface area contributed by atoms with Crippen molar-refractivity contribution in [2.24, 2.45) is 0 Å². The van der Waals surface area contributed by atoms with Crippen LogP contribution in [0.4, 0.5) is 19.1 Å². The maximum absolute atomic E-state index is 11.9. The molecule has 0 amide bonds. The van der Waals surface area contributed by atoms with Gasteiger partial charge in [-0.1, -0.05) is 0 Å². The fourth-order valence-corrected chi connectivity index (χ4v) is 1.20. The van der Waals surface area contributed by atoms with Crippen LogP contribution in [-0.2, 0) is 0 Å². The van der Waals surface area contributed by atoms with E-state index in [0.717, 1.165) is 16.3 Å². The van der Waals surface area contributed by atoms with Crippen molar-refractivity contribution in [1.82, 2.24) is 24.9 Å². The predicted molar refractivity (Wildman–Crippen MR) is 58.2 cm³/mol. The number of pyridine rings is 1. The van der Waals surface area contributed by atoms with Crippen molar-refractivity contribution in [3.63, 3.8) is 0 Å². The van der Waals surface area contributed by atoms with Gasteiger partial charge in [0.15, 0.2) is 0 Å². The molecule has 0 aliphatic heterocycles. The number of hydrogen-bond acceptors (Lipinski definition) is 6. The number of anilines is 1. The number of aromatic nitrogens is 4. The van der Waals surface area contributed by atoms with Crippen molar-refractivity contribution >= 4 is 5.95 Å². The summed E-state index contributed by atoms with van der Waals surface area (Å²) in [7, 11) is 0. The van der Waals surface area contributed by atoms with Gasteiger partial charge < -0.3 is 0 Å². The molecule has 10 heteroatoms. The minimum Gasteiger partial charge on any atom is -0.282 e. The lowest BCUT2D eigenvalue weighted by Gasteiger charge is -2.09. The number of nitrogens with one attached hydrogen (secondary N) is 2. The van der Waals surface area contributed by atoms with E-state index in [0.29, 0.717) is 5.69 Å². The van der Waals surface area contributed by atoms with Crippen molar-refractivity contribution in [3.8, 4) is 5.69 Å². The van der Waals surface area contributed by atoms with Crippen LogP contribution in [0.5, 0.6) is 0 Å². The lowest BCUT2D eigenvalue weighted by Crippen LogP contribution is -2.38. The van der Waals surface area contributed by atoms with E-state index in [1.54, 1.807) is 17.6 Å². The first-order valence-corrected chi connectivity index (χ1v) is 4.92. The molecule has 2 aromatic rings. The largest absolute Gasteiger partial charge is 0.474 e. The number of rotatable bonds is 3. The molecular weight excluding hydrogens is 265 g/mol. The molecule has 0 aliphatic rings. The molecule has 0 spiro atoms. The van der Waals surface area contributed by atoms with E-state index >= 15 is 0 Å². The summed E-state index contributed by atoms with van der Waals surface area (Å²) < 4.78 is 36.6. The van der Waals surface area contributed by atoms with Crippen LogP contribution in [0.15, 0.2) is 35.6 Å². The zero-order chi connectivity index (χ0) is 13.9. The van der Waals surface area contributed by atoms with Crippen molar-refractivity contribution < 1.29 is 13.2 Å². The van der Waals surface area contributed by atoms with Gasteiger partial charge in [0, 0.05) is 6.20 Å². The Labute approximate surface area is 104 Å². The molecule has 0 fully saturated rings. The van der Waals surface area contributed by atoms with Crippen LogP contribution in [-0.4, -0.2) is 25.8 Å². The topological polar surface area (TPSA) is 84.7 Å². The molecule has 2 aromatic heterocycles. The van der Waals surface area contributed by atoms with Crippen LogP contribution < -0.4 is 16.5 Å². The van der Waals surface area contributed by atoms with Crippen LogP contribution >= 0.6 is 0 Å². The van der Waals surface area contributed by atoms with E-state index < -0.39 is 17.9 Å². The number of nitrogens with zero attached hydrogens (tertiary/aromatic N) is 4. The van der Waals surface area contributed by atoms with Crippen LogP contribution in [0, 0.1) is 0 Å². The summed E-state index contributed by atoms with van der Waals surface area (Å²) in [6.45, 7) is 0. The van der Waals surface area contributed by atoms with Gasteiger partial charge in [-0.3, -0.25) is 10.4 Å². The minimum atomic E-state index is -4.65. The smallest absolute Gasteiger partial charge is 0.282 e. The minimum absolute atomic E-state index is 0.405. The molecule has 0 radical (unpaired) electrons. The average molecular weight is 272 g/mol. The number of alkyl halides is 3. The lowest BCUT2D eigenvalue weighted by molar-refractivity contribution is -0.151. The Morgan fingerprint density at radius 3 is 2.68 bits per heavy atom. The summed E-state index contributed by atoms with van der Waals surface area (Å²) in [5.41, 5.74) is 2.29. The molecule has 2 rings (SSSR count). The number of halogens is 3. The van der Waals surface area contributed by atoms with Crippen LogP contribution in [0.1, 0.15) is 0 Å². The van der Waals surface area contributed by atoms with Gasteiger partial charge in [-0.05, 0) is 12.1 Å². The van der Waals surface area contributed by atoms with E-state index in [2.05, 4.69) is 15.0 Å². The van der Waals surface area contributed by atoms with Crippen molar-refractivity contribution in [2.45, 2.75) is 6.30 Å². The third-order valence-electron chi connectivity index (χ3n) is 1.94. The normalized spacial score (nSPS) is 11.3. The van der Waals surface area contributed by atoms with Gasteiger partial charge in [-0.25, -0.2) is 14.3 Å². The highest BCUT2D eigenvalue weighted by atomic mass is 19.4. The van der Waals surface area contributed by atoms with Crippen molar-refractivity contribution in [2.75, 3.05) is 5.43 Å². The molecular formula is C9H7F3N6O. The maximum atomic E-state index is 11.9. The second kappa shape index (κ2) is 5.02. The van der Waals surface area contributed by atoms with Gasteiger partial charge in [0.25, 0.3) is 0 Å². The van der Waals surface area contributed by atoms with E-state index in [1.807, 2.05) is 0 Å². The molecule has 2 N–H and O–H groups in total. The predicted octanol–water partition coefficient (Wildman–Crippen LogP) is 0.459. The van der Waals surface area contributed by atoms with Gasteiger partial charge in [0.05, 0.1) is 11.9 Å². The maximum Gasteiger partial charge on any atom is 0.474 e. The van der Waals surface area contributed by atoms with E-state index in [-0.39, 0.29) is 0 Å². The Morgan fingerprint density at radius 1 is 1.32 bits per heavy atom. The molecule has 19 heavy (non-hydrogen) atoms. The fourth-order valence-electron chi connectivity index (χ4n) is 1.20. The Kier molecular flexibility index (Phi) is 3.42. The van der Waals surface area contributed by atoms with Gasteiger partial charge in [0.2, 0.25) is 5.95 Å². The molecule has 0 saturated carbocycles. The summed E-state index contributed by atoms with van der Waals surface area (Å²) in [6, 6.07) is 3.18. The second-order valence-corrected chi connectivity index (χ2v) is 3.29. The van der Waals surface area contributed by atoms with Gasteiger partial charge >= 0.3 is 12.0 Å². The Morgan fingerprint density at radius 2 is 2.11 bits per heavy atom. The summed E-state index contributed by atoms with van der Waals surface area (Å²) >= 11 is 0. The highest BCUT2D eigenvalue weighted by molar-refractivity contribution is 5.28. The number of hydrazine groups is 1.